The number of carbonyl (C=O) groups excluding carboxylic acids is 5. The van der Waals surface area contributed by atoms with Gasteiger partial charge in [-0.25, -0.2) is 0 Å². The first-order chi connectivity index (χ1) is 28.0. The van der Waals surface area contributed by atoms with Gasteiger partial charge in [0.15, 0.2) is 28.9 Å². The van der Waals surface area contributed by atoms with Crippen LogP contribution in [0.3, 0.4) is 0 Å². The molecule has 3 aromatic rings. The van der Waals surface area contributed by atoms with Gasteiger partial charge in [0.05, 0.1) is 6.07 Å². The molecule has 326 valence electrons. The van der Waals surface area contributed by atoms with Crippen LogP contribution in [0.4, 0.5) is 0 Å². The van der Waals surface area contributed by atoms with E-state index in [-0.39, 0.29) is 28.9 Å². The van der Waals surface area contributed by atoms with Crippen molar-refractivity contribution in [1.82, 2.24) is 0 Å². The Morgan fingerprint density at radius 3 is 0.750 bits per heavy atom. The Labute approximate surface area is 365 Å². The highest BCUT2D eigenvalue weighted by Gasteiger charge is 1.96. The minimum Gasteiger partial charge on any atom is -0.295 e. The monoisotopic (exact) mass is 818 g/mol. The van der Waals surface area contributed by atoms with E-state index in [9.17, 15) is 24.0 Å². The van der Waals surface area contributed by atoms with Crippen molar-refractivity contribution in [2.24, 2.45) is 0 Å². The van der Waals surface area contributed by atoms with Gasteiger partial charge in [-0.1, -0.05) is 170 Å². The van der Waals surface area contributed by atoms with Crippen molar-refractivity contribution in [1.29, 1.82) is 5.26 Å². The summed E-state index contributed by atoms with van der Waals surface area (Å²) in [7, 11) is 0. The largest absolute Gasteiger partial charge is 0.295 e. The minimum absolute atomic E-state index is 0.153. The fourth-order valence-corrected chi connectivity index (χ4v) is 3.41. The lowest BCUT2D eigenvalue weighted by Crippen LogP contribution is -1.93. The van der Waals surface area contributed by atoms with Crippen molar-refractivity contribution in [2.45, 2.75) is 122 Å². The number of hydrogen-bond acceptors (Lipinski definition) is 6. The van der Waals surface area contributed by atoms with E-state index in [4.69, 9.17) is 5.26 Å². The average Bonchev–Trinajstić information content (AvgIpc) is 3.24. The number of aryl methyl sites for hydroxylation is 2. The minimum atomic E-state index is 0.153. The molecule has 0 unspecified atom stereocenters. The van der Waals surface area contributed by atoms with Gasteiger partial charge in [-0.2, -0.15) is 5.26 Å². The van der Waals surface area contributed by atoms with E-state index in [1.54, 1.807) is 41.5 Å². The predicted octanol–water partition coefficient (Wildman–Crippen LogP) is 14.3. The lowest BCUT2D eigenvalue weighted by Gasteiger charge is -1.90. The van der Waals surface area contributed by atoms with Gasteiger partial charge < -0.3 is 0 Å². The third-order valence-electron chi connectivity index (χ3n) is 7.23. The highest BCUT2D eigenvalue weighted by molar-refractivity contribution is 5.95. The molecule has 0 spiro atoms. The fraction of sp³-hybridized carbons (Fsp3) is 0.333. The molecule has 6 nitrogen and oxygen atoms in total. The Morgan fingerprint density at radius 2 is 0.633 bits per heavy atom. The Balaban J connectivity index is -0.000000193. The van der Waals surface area contributed by atoms with Crippen LogP contribution in [-0.4, -0.2) is 28.9 Å². The van der Waals surface area contributed by atoms with Crippen LogP contribution < -0.4 is 0 Å². The third kappa shape index (κ3) is 46.3. The van der Waals surface area contributed by atoms with Crippen LogP contribution in [0.25, 0.3) is 6.08 Å². The van der Waals surface area contributed by atoms with Crippen molar-refractivity contribution >= 4 is 35.0 Å². The molecule has 3 rings (SSSR count). The second kappa shape index (κ2) is 42.5. The number of benzene rings is 3. The standard InChI is InChI=1S/C10H9N.2C7H8.5C6H10O/c1-9(8-11)7-10-5-3-2-4-6-10;2*1-7-5-3-2-4-6-7;5*1-4-6(7)5(2)3/h2-7H,1H3;2*2-6H,1H3;5*2,4H2,1,3H3/b9-7-;;;;;;;. The smallest absolute Gasteiger partial charge is 0.157 e. The molecular weight excluding hydrogens is 743 g/mol. The molecular formula is C54H75NO5. The molecule has 6 heteroatoms. The summed E-state index contributed by atoms with van der Waals surface area (Å²) in [6, 6.07) is 32.4. The Kier molecular flexibility index (Phi) is 44.8. The molecule has 0 saturated heterocycles. The van der Waals surface area contributed by atoms with Gasteiger partial charge in [0.25, 0.3) is 0 Å². The molecule has 0 radical (unpaired) electrons. The maximum atomic E-state index is 10.4. The van der Waals surface area contributed by atoms with Gasteiger partial charge >= 0.3 is 0 Å². The number of nitrogens with zero attached hydrogens (tertiary/aromatic N) is 1. The first-order valence-corrected chi connectivity index (χ1v) is 20.1. The molecule has 0 saturated carbocycles. The maximum absolute atomic E-state index is 10.4. The van der Waals surface area contributed by atoms with Gasteiger partial charge in [-0.05, 0) is 94.9 Å². The van der Waals surface area contributed by atoms with Crippen LogP contribution in [0, 0.1) is 25.2 Å². The molecule has 0 atom stereocenters. The van der Waals surface area contributed by atoms with Gasteiger partial charge in [-0.15, -0.1) is 0 Å². The average molecular weight is 818 g/mol. The van der Waals surface area contributed by atoms with Gasteiger partial charge in [0.1, 0.15) is 0 Å². The van der Waals surface area contributed by atoms with Crippen LogP contribution in [0.15, 0.2) is 157 Å². The van der Waals surface area contributed by atoms with E-state index >= 15 is 0 Å². The van der Waals surface area contributed by atoms with Crippen LogP contribution in [0.1, 0.15) is 125 Å². The molecule has 0 aliphatic carbocycles. The van der Waals surface area contributed by atoms with E-state index in [2.05, 4.69) is 77.1 Å². The third-order valence-corrected chi connectivity index (χ3v) is 7.23. The Hall–Kier alpha value is -6.06. The first kappa shape index (κ1) is 63.1. The first-order valence-electron chi connectivity index (χ1n) is 20.1. The highest BCUT2D eigenvalue weighted by atomic mass is 16.1. The van der Waals surface area contributed by atoms with Gasteiger partial charge in [0.2, 0.25) is 0 Å². The van der Waals surface area contributed by atoms with Crippen LogP contribution >= 0.6 is 0 Å². The van der Waals surface area contributed by atoms with Crippen molar-refractivity contribution in [3.63, 3.8) is 0 Å². The molecule has 0 amide bonds. The lowest BCUT2D eigenvalue weighted by atomic mass is 10.1. The van der Waals surface area contributed by atoms with E-state index in [0.717, 1.165) is 11.1 Å². The number of carbonyl (C=O) groups is 5. The van der Waals surface area contributed by atoms with Crippen LogP contribution in [0.5, 0.6) is 0 Å². The van der Waals surface area contributed by atoms with Crippen molar-refractivity contribution in [3.8, 4) is 6.07 Å². The zero-order valence-corrected chi connectivity index (χ0v) is 39.3. The van der Waals surface area contributed by atoms with Crippen LogP contribution in [-0.2, 0) is 24.0 Å². The summed E-state index contributed by atoms with van der Waals surface area (Å²) in [5.41, 5.74) is 7.73. The molecule has 0 bridgehead atoms. The van der Waals surface area contributed by atoms with Crippen molar-refractivity contribution < 1.29 is 24.0 Å². The maximum Gasteiger partial charge on any atom is 0.157 e. The highest BCUT2D eigenvalue weighted by Crippen LogP contribution is 2.04. The normalized spacial score (nSPS) is 8.83. The summed E-state index contributed by atoms with van der Waals surface area (Å²) in [4.78, 5) is 52.1. The summed E-state index contributed by atoms with van der Waals surface area (Å²) in [6.45, 7) is 41.1. The van der Waals surface area contributed by atoms with Gasteiger partial charge in [0, 0.05) is 37.7 Å². The second-order valence-electron chi connectivity index (χ2n) is 13.4. The summed E-state index contributed by atoms with van der Waals surface area (Å²) < 4.78 is 0. The van der Waals surface area contributed by atoms with E-state index in [0.29, 0.717) is 60.0 Å². The number of hydrogen-bond donors (Lipinski definition) is 0. The molecule has 0 fully saturated rings. The van der Waals surface area contributed by atoms with Crippen LogP contribution in [0.2, 0.25) is 0 Å². The number of nitriles is 1. The quantitative estimate of drug-likeness (QED) is 0.141. The van der Waals surface area contributed by atoms with E-state index in [1.165, 1.54) is 11.1 Å². The van der Waals surface area contributed by atoms with Gasteiger partial charge in [-0.3, -0.25) is 24.0 Å². The fourth-order valence-electron chi connectivity index (χ4n) is 3.41. The summed E-state index contributed by atoms with van der Waals surface area (Å²) in [5.74, 6) is 0.764. The lowest BCUT2D eigenvalue weighted by molar-refractivity contribution is -0.116. The summed E-state index contributed by atoms with van der Waals surface area (Å²) in [6.07, 6.45) is 4.75. The number of Topliss-reactive ketones (excluding diaryl/α,β-unsaturated/α-hetero) is 5. The Morgan fingerprint density at radius 1 is 0.433 bits per heavy atom. The summed E-state index contributed by atoms with van der Waals surface area (Å²) in [5, 5.41) is 8.48. The number of allylic oxidation sites excluding steroid dienone is 6. The molecule has 0 aromatic heterocycles. The zero-order chi connectivity index (χ0) is 47.6. The van der Waals surface area contributed by atoms with Crippen molar-refractivity contribution in [2.75, 3.05) is 0 Å². The zero-order valence-electron chi connectivity index (χ0n) is 39.3. The molecule has 3 aromatic carbocycles. The number of rotatable bonds is 11. The predicted molar refractivity (Wildman–Crippen MR) is 259 cm³/mol. The molecule has 60 heavy (non-hydrogen) atoms. The van der Waals surface area contributed by atoms with E-state index < -0.39 is 0 Å². The molecule has 0 aliphatic heterocycles. The number of ketones is 5. The Bertz CT molecular complexity index is 1620. The van der Waals surface area contributed by atoms with E-state index in [1.807, 2.05) is 107 Å². The van der Waals surface area contributed by atoms with Crippen molar-refractivity contribution in [3.05, 3.63) is 174 Å². The SMILES string of the molecule is C/C(C#N)=C/c1ccccc1.C=C(C)C(=O)CC.C=C(C)C(=O)CC.C=C(C)C(=O)CC.C=C(C)C(=O)CC.C=C(C)C(=O)CC.Cc1ccccc1.Cc1ccccc1. The second-order valence-corrected chi connectivity index (χ2v) is 13.4. The molecule has 0 aliphatic rings. The topological polar surface area (TPSA) is 109 Å². The summed E-state index contributed by atoms with van der Waals surface area (Å²) >= 11 is 0. The molecule has 0 heterocycles. The molecule has 0 N–H and O–H groups in total.